The zero-order valence-electron chi connectivity index (χ0n) is 15.1. The SMILES string of the molecule is C[C@]12CCC3C(CCC4=CC(=O)CC[C@@]43C)C1CCC2OP(=O)(O)O. The Balaban J connectivity index is 1.61. The third kappa shape index (κ3) is 2.79. The number of hydrogen-bond acceptors (Lipinski definition) is 3. The first-order valence-electron chi connectivity index (χ1n) is 9.61. The van der Waals surface area contributed by atoms with Gasteiger partial charge in [0.05, 0.1) is 6.10 Å². The Labute approximate surface area is 149 Å². The van der Waals surface area contributed by atoms with Gasteiger partial charge in [-0.2, -0.15) is 0 Å². The van der Waals surface area contributed by atoms with Gasteiger partial charge in [-0.05, 0) is 79.6 Å². The molecule has 6 heteroatoms. The molecule has 0 spiro atoms. The third-order valence-electron chi connectivity index (χ3n) is 8.14. The third-order valence-corrected chi connectivity index (χ3v) is 8.67. The molecular weight excluding hydrogens is 339 g/mol. The number of phosphoric acid groups is 1. The second kappa shape index (κ2) is 5.76. The first-order valence-corrected chi connectivity index (χ1v) is 11.1. The fourth-order valence-corrected chi connectivity index (χ4v) is 7.53. The highest BCUT2D eigenvalue weighted by Crippen LogP contribution is 2.66. The van der Waals surface area contributed by atoms with E-state index in [9.17, 15) is 19.1 Å². The quantitative estimate of drug-likeness (QED) is 0.720. The van der Waals surface area contributed by atoms with E-state index in [4.69, 9.17) is 4.52 Å². The Kier molecular flexibility index (Phi) is 4.12. The van der Waals surface area contributed by atoms with Crippen molar-refractivity contribution in [2.75, 3.05) is 0 Å². The van der Waals surface area contributed by atoms with Crippen LogP contribution < -0.4 is 0 Å². The van der Waals surface area contributed by atoms with E-state index >= 15 is 0 Å². The lowest BCUT2D eigenvalue weighted by Crippen LogP contribution is -2.51. The van der Waals surface area contributed by atoms with Gasteiger partial charge in [0.2, 0.25) is 0 Å². The molecule has 0 aromatic carbocycles. The van der Waals surface area contributed by atoms with E-state index in [2.05, 4.69) is 13.8 Å². The van der Waals surface area contributed by atoms with Gasteiger partial charge < -0.3 is 9.79 Å². The van der Waals surface area contributed by atoms with Crippen LogP contribution in [0, 0.1) is 28.6 Å². The highest BCUT2D eigenvalue weighted by atomic mass is 31.2. The molecule has 3 fully saturated rings. The normalized spacial score (nSPS) is 46.9. The van der Waals surface area contributed by atoms with Crippen molar-refractivity contribution in [3.63, 3.8) is 0 Å². The van der Waals surface area contributed by atoms with Gasteiger partial charge in [-0.25, -0.2) is 4.57 Å². The molecule has 140 valence electrons. The molecule has 2 N–H and O–H groups in total. The minimum atomic E-state index is -4.45. The van der Waals surface area contributed by atoms with Crippen molar-refractivity contribution >= 4 is 13.6 Å². The van der Waals surface area contributed by atoms with Crippen molar-refractivity contribution in [1.29, 1.82) is 0 Å². The maximum Gasteiger partial charge on any atom is 0.469 e. The van der Waals surface area contributed by atoms with Crippen LogP contribution in [-0.4, -0.2) is 21.7 Å². The lowest BCUT2D eigenvalue weighted by atomic mass is 9.47. The van der Waals surface area contributed by atoms with Crippen LogP contribution in [0.3, 0.4) is 0 Å². The molecule has 4 unspecified atom stereocenters. The lowest BCUT2D eigenvalue weighted by molar-refractivity contribution is -0.117. The maximum atomic E-state index is 11.9. The number of rotatable bonds is 2. The van der Waals surface area contributed by atoms with Gasteiger partial charge in [0.25, 0.3) is 0 Å². The zero-order chi connectivity index (χ0) is 18.0. The smallest absolute Gasteiger partial charge is 0.303 e. The highest BCUT2D eigenvalue weighted by molar-refractivity contribution is 7.46. The highest BCUT2D eigenvalue weighted by Gasteiger charge is 2.60. The Morgan fingerprint density at radius 3 is 2.56 bits per heavy atom. The summed E-state index contributed by atoms with van der Waals surface area (Å²) in [6.07, 6.45) is 9.08. The number of ketones is 1. The largest absolute Gasteiger partial charge is 0.469 e. The molecule has 0 aromatic heterocycles. The average Bonchev–Trinajstić information content (AvgIpc) is 2.83. The van der Waals surface area contributed by atoms with Crippen molar-refractivity contribution in [1.82, 2.24) is 0 Å². The molecule has 3 saturated carbocycles. The van der Waals surface area contributed by atoms with Crippen LogP contribution >= 0.6 is 7.82 Å². The first-order chi connectivity index (χ1) is 11.6. The van der Waals surface area contributed by atoms with Gasteiger partial charge in [-0.15, -0.1) is 0 Å². The molecule has 5 nitrogen and oxygen atoms in total. The number of phosphoric ester groups is 1. The van der Waals surface area contributed by atoms with Crippen LogP contribution in [0.25, 0.3) is 0 Å². The predicted octanol–water partition coefficient (Wildman–Crippen LogP) is 4.00. The number of carbonyl (C=O) groups is 1. The van der Waals surface area contributed by atoms with E-state index in [0.717, 1.165) is 44.9 Å². The fourth-order valence-electron chi connectivity index (χ4n) is 6.85. The van der Waals surface area contributed by atoms with Crippen molar-refractivity contribution in [2.45, 2.75) is 71.3 Å². The predicted molar refractivity (Wildman–Crippen MR) is 93.6 cm³/mol. The standard InChI is InChI=1S/C19H29O5P/c1-18-9-7-13(20)11-12(18)3-4-14-15-5-6-17(24-25(21,22)23)19(15,2)10-8-16(14)18/h11,14-17H,3-10H2,1-2H3,(H2,21,22,23)/t14?,15?,16?,17?,18-,19-/m0/s1. The second-order valence-corrected chi connectivity index (χ2v) is 10.4. The molecule has 6 atom stereocenters. The Hall–Kier alpha value is -0.480. The molecule has 0 radical (unpaired) electrons. The molecule has 4 aliphatic rings. The van der Waals surface area contributed by atoms with Crippen molar-refractivity contribution in [3.05, 3.63) is 11.6 Å². The Bertz CT molecular complexity index is 667. The van der Waals surface area contributed by atoms with E-state index in [1.54, 1.807) is 0 Å². The Morgan fingerprint density at radius 2 is 1.84 bits per heavy atom. The average molecular weight is 368 g/mol. The van der Waals surface area contributed by atoms with Gasteiger partial charge in [-0.1, -0.05) is 19.4 Å². The van der Waals surface area contributed by atoms with E-state index in [1.165, 1.54) is 5.57 Å². The monoisotopic (exact) mass is 368 g/mol. The van der Waals surface area contributed by atoms with E-state index in [1.807, 2.05) is 6.08 Å². The topological polar surface area (TPSA) is 83.8 Å². The molecule has 0 bridgehead atoms. The summed E-state index contributed by atoms with van der Waals surface area (Å²) in [6.45, 7) is 4.53. The lowest BCUT2D eigenvalue weighted by Gasteiger charge is -2.57. The molecule has 0 saturated heterocycles. The summed E-state index contributed by atoms with van der Waals surface area (Å²) in [6, 6.07) is 0. The summed E-state index contributed by atoms with van der Waals surface area (Å²) in [5, 5.41) is 0. The van der Waals surface area contributed by atoms with Gasteiger partial charge >= 0.3 is 7.82 Å². The van der Waals surface area contributed by atoms with Gasteiger partial charge in [0, 0.05) is 6.42 Å². The summed E-state index contributed by atoms with van der Waals surface area (Å²) >= 11 is 0. The van der Waals surface area contributed by atoms with Crippen LogP contribution in [0.1, 0.15) is 65.2 Å². The molecule has 0 heterocycles. The minimum absolute atomic E-state index is 0.135. The number of carbonyl (C=O) groups excluding carboxylic acids is 1. The number of allylic oxidation sites excluding steroid dienone is 1. The molecule has 0 aliphatic heterocycles. The van der Waals surface area contributed by atoms with Crippen LogP contribution in [0.15, 0.2) is 11.6 Å². The van der Waals surface area contributed by atoms with Crippen molar-refractivity contribution < 1.29 is 23.7 Å². The van der Waals surface area contributed by atoms with Crippen LogP contribution in [0.2, 0.25) is 0 Å². The second-order valence-electron chi connectivity index (χ2n) is 9.18. The van der Waals surface area contributed by atoms with Crippen LogP contribution in [-0.2, 0) is 13.9 Å². The summed E-state index contributed by atoms with van der Waals surface area (Å²) in [5.74, 6) is 1.92. The summed E-state index contributed by atoms with van der Waals surface area (Å²) in [4.78, 5) is 30.4. The van der Waals surface area contributed by atoms with Crippen LogP contribution in [0.4, 0.5) is 0 Å². The van der Waals surface area contributed by atoms with Gasteiger partial charge in [0.1, 0.15) is 0 Å². The van der Waals surface area contributed by atoms with E-state index in [-0.39, 0.29) is 22.7 Å². The van der Waals surface area contributed by atoms with Crippen molar-refractivity contribution in [3.8, 4) is 0 Å². The molecule has 4 rings (SSSR count). The summed E-state index contributed by atoms with van der Waals surface area (Å²) in [7, 11) is -4.45. The Morgan fingerprint density at radius 1 is 1.08 bits per heavy atom. The number of hydrogen-bond donors (Lipinski definition) is 2. The molecule has 4 aliphatic carbocycles. The minimum Gasteiger partial charge on any atom is -0.303 e. The summed E-state index contributed by atoms with van der Waals surface area (Å²) in [5.41, 5.74) is 1.36. The molecular formula is C19H29O5P. The zero-order valence-corrected chi connectivity index (χ0v) is 16.0. The molecule has 0 aromatic rings. The molecule has 0 amide bonds. The van der Waals surface area contributed by atoms with Crippen molar-refractivity contribution in [2.24, 2.45) is 28.6 Å². The summed E-state index contributed by atoms with van der Waals surface area (Å²) < 4.78 is 16.6. The fraction of sp³-hybridized carbons (Fsp3) is 0.842. The molecule has 25 heavy (non-hydrogen) atoms. The van der Waals surface area contributed by atoms with Crippen LogP contribution in [0.5, 0.6) is 0 Å². The number of fused-ring (bicyclic) bond motifs is 5. The maximum absolute atomic E-state index is 11.9. The first kappa shape index (κ1) is 17.9. The van der Waals surface area contributed by atoms with E-state index < -0.39 is 7.82 Å². The van der Waals surface area contributed by atoms with E-state index in [0.29, 0.717) is 24.2 Å². The van der Waals surface area contributed by atoms with Gasteiger partial charge in [-0.3, -0.25) is 9.32 Å². The van der Waals surface area contributed by atoms with Gasteiger partial charge in [0.15, 0.2) is 5.78 Å².